The molecule has 0 saturated heterocycles. The SMILES string of the molecule is C.C.C.C.C#CC(=O)OCCC[Si](C)(C)O[Si](C)(O[Si](C)(C)O[Si](C)(C)CCCOC(=O)C(=C)C)c1ccccc1.C=C(C)C(=O)OCCC[Si](C)(C)O.CO[Si](C)(C)C.CO[Si](C)(C)c1ccccc1.[2H][2H].[2H][2H]. The summed E-state index contributed by atoms with van der Waals surface area (Å²) in [4.78, 5) is 43.2. The molecule has 0 radical (unpaired) electrons. The summed E-state index contributed by atoms with van der Waals surface area (Å²) in [5.74, 6) is 0.616. The first-order chi connectivity index (χ1) is 32.6. The molecule has 2 aromatic rings. The molecule has 0 aliphatic heterocycles. The summed E-state index contributed by atoms with van der Waals surface area (Å²) >= 11 is 0. The summed E-state index contributed by atoms with van der Waals surface area (Å²) in [7, 11) is -10.8. The quantitative estimate of drug-likeness (QED) is 0.0203. The van der Waals surface area contributed by atoms with Gasteiger partial charge in [0.05, 0.1) is 19.8 Å². The minimum atomic E-state index is -2.85. The van der Waals surface area contributed by atoms with Gasteiger partial charge in [-0.05, 0) is 153 Å². The molecule has 0 amide bonds. The van der Waals surface area contributed by atoms with Crippen LogP contribution in [0.3, 0.4) is 0 Å². The van der Waals surface area contributed by atoms with Gasteiger partial charge in [0.2, 0.25) is 8.32 Å². The number of hydrogen-bond donors (Lipinski definition) is 1. The molecule has 1 unspecified atom stereocenters. The maximum absolute atomic E-state index is 11.6. The highest BCUT2D eigenvalue weighted by Gasteiger charge is 2.47. The molecular weight excluding hydrogens is 1010 g/mol. The van der Waals surface area contributed by atoms with Crippen LogP contribution in [-0.4, -0.2) is 115 Å². The number of esters is 3. The number of benzene rings is 2. The molecule has 2 aromatic carbocycles. The molecule has 0 fully saturated rings. The van der Waals surface area contributed by atoms with Gasteiger partial charge in [0, 0.05) is 37.2 Å². The minimum absolute atomic E-state index is 0. The van der Waals surface area contributed by atoms with Crippen molar-refractivity contribution in [1.82, 2.24) is 0 Å². The van der Waals surface area contributed by atoms with Crippen LogP contribution in [0.5, 0.6) is 0 Å². The lowest BCUT2D eigenvalue weighted by Gasteiger charge is -2.42. The summed E-state index contributed by atoms with van der Waals surface area (Å²) in [5, 5.41) is 2.41. The molecule has 0 bridgehead atoms. The fourth-order valence-corrected chi connectivity index (χ4v) is 27.1. The second kappa shape index (κ2) is 37.8. The predicted octanol–water partition coefficient (Wildman–Crippen LogP) is 13.1. The summed E-state index contributed by atoms with van der Waals surface area (Å²) in [6, 6.07) is 22.9. The van der Waals surface area contributed by atoms with Crippen LogP contribution in [0.4, 0.5) is 0 Å². The molecule has 1 N–H and O–H groups in total. The summed E-state index contributed by atoms with van der Waals surface area (Å²) in [6.45, 7) is 40.9. The van der Waals surface area contributed by atoms with Gasteiger partial charge in [0.15, 0.2) is 33.3 Å². The average molecular weight is 1130 g/mol. The molecule has 416 valence electrons. The van der Waals surface area contributed by atoms with Crippen LogP contribution < -0.4 is 10.4 Å². The van der Waals surface area contributed by atoms with E-state index in [0.29, 0.717) is 30.8 Å². The first kappa shape index (κ1) is 74.7. The third-order valence-electron chi connectivity index (χ3n) is 9.62. The molecule has 19 heteroatoms. The van der Waals surface area contributed by atoms with Crippen LogP contribution in [0.15, 0.2) is 85.0 Å². The zero-order valence-corrected chi connectivity index (χ0v) is 51.6. The summed E-state index contributed by atoms with van der Waals surface area (Å²) in [6.07, 6.45) is 7.21. The van der Waals surface area contributed by atoms with E-state index in [9.17, 15) is 19.2 Å². The van der Waals surface area contributed by atoms with Gasteiger partial charge in [0.1, 0.15) is 0 Å². The Bertz CT molecular complexity index is 1850. The zero-order chi connectivity index (χ0) is 56.3. The fourth-order valence-electron chi connectivity index (χ4n) is 5.90. The Morgan fingerprint density at radius 2 is 0.930 bits per heavy atom. The van der Waals surface area contributed by atoms with Crippen molar-refractivity contribution in [3.8, 4) is 12.3 Å². The number of terminal acetylenes is 1. The van der Waals surface area contributed by atoms with Crippen LogP contribution in [0.2, 0.25) is 110 Å². The standard InChI is InChI=1S/C26H44O7Si4.C9H18O3Si.C9H14OSi.C4H12OSi.4CH4.2H2/c1-11-25(27)29-19-15-22-35(6,7)32-37(10,24-17-13-12-14-18-24)33-36(8,9)31-34(4,5)21-16-20-30-26(28)23(2)3;1-8(2)9(10)12-6-5-7-13(3,4)11;1-10-11(2,3)9-7-5-4-6-8-9;1-5-6(2,3)4;;;;;;/h1,12-14,17-18H,2,15-16,19-22H2,3-10H3;11H,1,5-7H2,2-4H3;4-8H,1-3H3;1-4H3;4*1H4;2*1H/i;;;;;;;;2*1+1D. The monoisotopic (exact) mass is 1120 g/mol. The van der Waals surface area contributed by atoms with Crippen molar-refractivity contribution in [2.75, 3.05) is 34.0 Å². The molecule has 0 heterocycles. The first-order valence-electron chi connectivity index (χ1n) is 24.9. The van der Waals surface area contributed by atoms with E-state index in [1.54, 1.807) is 28.1 Å². The van der Waals surface area contributed by atoms with Crippen molar-refractivity contribution in [3.63, 3.8) is 0 Å². The molecule has 0 saturated carbocycles. The van der Waals surface area contributed by atoms with E-state index in [1.165, 1.54) is 5.19 Å². The zero-order valence-electron chi connectivity index (χ0n) is 48.6. The second-order valence-electron chi connectivity index (χ2n) is 20.2. The number of hydrogen-bond acceptors (Lipinski definition) is 12. The molecule has 12 nitrogen and oxygen atoms in total. The van der Waals surface area contributed by atoms with Crippen molar-refractivity contribution in [3.05, 3.63) is 85.0 Å². The van der Waals surface area contributed by atoms with E-state index in [0.717, 1.165) is 36.2 Å². The second-order valence-corrected chi connectivity index (χ2v) is 48.7. The van der Waals surface area contributed by atoms with Gasteiger partial charge < -0.3 is 40.2 Å². The van der Waals surface area contributed by atoms with Gasteiger partial charge in [-0.2, -0.15) is 0 Å². The van der Waals surface area contributed by atoms with E-state index in [1.807, 2.05) is 43.3 Å². The Morgan fingerprint density at radius 1 is 0.577 bits per heavy atom. The van der Waals surface area contributed by atoms with E-state index in [4.69, 9.17) is 47.8 Å². The Labute approximate surface area is 449 Å². The minimum Gasteiger partial charge on any atom is -0.462 e. The number of carbonyl (C=O) groups is 3. The molecule has 0 aliphatic carbocycles. The molecule has 0 spiro atoms. The Kier molecular flexibility index (Phi) is 39.8. The van der Waals surface area contributed by atoms with E-state index < -0.39 is 64.7 Å². The van der Waals surface area contributed by atoms with Gasteiger partial charge in [-0.25, -0.2) is 14.4 Å². The maximum atomic E-state index is 11.6. The van der Waals surface area contributed by atoms with Crippen LogP contribution in [0.1, 0.15) is 68.8 Å². The normalized spacial score (nSPS) is 12.3. The van der Waals surface area contributed by atoms with Gasteiger partial charge in [-0.15, -0.1) is 6.42 Å². The third-order valence-corrected chi connectivity index (χ3v) is 31.1. The highest BCUT2D eigenvalue weighted by Crippen LogP contribution is 2.28. The molecule has 2 rings (SSSR count). The molecular formula is C52H108O12Si7. The fraction of sp³-hybridized carbons (Fsp3) is 0.596. The third kappa shape index (κ3) is 41.2. The van der Waals surface area contributed by atoms with Gasteiger partial charge in [-0.1, -0.05) is 104 Å². The van der Waals surface area contributed by atoms with Crippen molar-refractivity contribution < 1.29 is 60.5 Å². The number of ether oxygens (including phenoxy) is 3. The summed E-state index contributed by atoms with van der Waals surface area (Å²) in [5.41, 5.74) is 0.820. The lowest BCUT2D eigenvalue weighted by Crippen LogP contribution is -2.63. The number of rotatable bonds is 24. The topological polar surface area (TPSA) is 145 Å². The lowest BCUT2D eigenvalue weighted by molar-refractivity contribution is -0.139. The largest absolute Gasteiger partial charge is 0.462 e. The predicted molar refractivity (Wildman–Crippen MR) is 325 cm³/mol. The van der Waals surface area contributed by atoms with Crippen molar-refractivity contribution in [2.24, 2.45) is 0 Å². The highest BCUT2D eigenvalue weighted by atomic mass is 28.5. The van der Waals surface area contributed by atoms with Gasteiger partial charge >= 0.3 is 35.0 Å². The molecule has 0 aromatic heterocycles. The molecule has 0 aliphatic rings. The van der Waals surface area contributed by atoms with Crippen LogP contribution in [0.25, 0.3) is 0 Å². The van der Waals surface area contributed by atoms with Crippen LogP contribution in [-0.2, 0) is 49.8 Å². The van der Waals surface area contributed by atoms with E-state index in [-0.39, 0.29) is 48.3 Å². The van der Waals surface area contributed by atoms with E-state index in [2.05, 4.69) is 128 Å². The first-order valence-corrected chi connectivity index (χ1v) is 43.7. The smallest absolute Gasteiger partial charge is 0.384 e. The average Bonchev–Trinajstić information content (AvgIpc) is 3.29. The Hall–Kier alpha value is -2.83. The highest BCUT2D eigenvalue weighted by molar-refractivity contribution is 6.95. The molecule has 1 atom stereocenters. The van der Waals surface area contributed by atoms with Crippen molar-refractivity contribution in [2.45, 2.75) is 173 Å². The maximum Gasteiger partial charge on any atom is 0.384 e. The number of carbonyl (C=O) groups excluding carboxylic acids is 3. The lowest BCUT2D eigenvalue weighted by atomic mass is 10.4. The van der Waals surface area contributed by atoms with Crippen LogP contribution >= 0.6 is 0 Å². The van der Waals surface area contributed by atoms with E-state index >= 15 is 0 Å². The van der Waals surface area contributed by atoms with Gasteiger partial charge in [0.25, 0.3) is 0 Å². The van der Waals surface area contributed by atoms with Gasteiger partial charge in [-0.3, -0.25) is 0 Å². The Balaban J connectivity index is -0.000000161. The Morgan fingerprint density at radius 3 is 1.27 bits per heavy atom. The molecule has 71 heavy (non-hydrogen) atoms. The van der Waals surface area contributed by atoms with Crippen molar-refractivity contribution >= 4 is 87.0 Å². The van der Waals surface area contributed by atoms with Crippen molar-refractivity contribution in [1.29, 1.82) is 0 Å². The van der Waals surface area contributed by atoms with Crippen LogP contribution in [0, 0.1) is 12.3 Å². The summed E-state index contributed by atoms with van der Waals surface area (Å²) < 4.78 is 66.3.